The van der Waals surface area contributed by atoms with E-state index < -0.39 is 0 Å². The molecule has 0 N–H and O–H groups in total. The maximum absolute atomic E-state index is 9.83. The minimum absolute atomic E-state index is 0.139. The van der Waals surface area contributed by atoms with Gasteiger partial charge in [-0.1, -0.05) is 41.5 Å². The van der Waals surface area contributed by atoms with Crippen LogP contribution in [0, 0.1) is 10.8 Å². The van der Waals surface area contributed by atoms with Crippen molar-refractivity contribution in [2.75, 3.05) is 0 Å². The van der Waals surface area contributed by atoms with Gasteiger partial charge in [-0.05, 0) is 0 Å². The Labute approximate surface area is 75.4 Å². The summed E-state index contributed by atoms with van der Waals surface area (Å²) in [6.45, 7) is 11.2. The number of hydrogen-bond acceptors (Lipinski definition) is 2. The van der Waals surface area contributed by atoms with Crippen LogP contribution in [0.3, 0.4) is 0 Å². The van der Waals surface area contributed by atoms with E-state index in [2.05, 4.69) is 0 Å². The van der Waals surface area contributed by atoms with Gasteiger partial charge in [-0.2, -0.15) is 0 Å². The molecule has 0 heterocycles. The Kier molecular flexibility index (Phi) is 5.87. The maximum atomic E-state index is 9.83. The molecule has 0 aliphatic heterocycles. The second-order valence-corrected chi connectivity index (χ2v) is 4.97. The van der Waals surface area contributed by atoms with Crippen LogP contribution in [0.15, 0.2) is 0 Å². The van der Waals surface area contributed by atoms with E-state index in [9.17, 15) is 9.59 Å². The molecule has 0 unspecified atom stereocenters. The Morgan fingerprint density at radius 3 is 0.750 bits per heavy atom. The molecule has 0 aromatic rings. The topological polar surface area (TPSA) is 34.1 Å². The van der Waals surface area contributed by atoms with Crippen LogP contribution in [0.4, 0.5) is 0 Å². The predicted octanol–water partition coefficient (Wildman–Crippen LogP) is 2.46. The highest BCUT2D eigenvalue weighted by atomic mass is 16.1. The van der Waals surface area contributed by atoms with Crippen molar-refractivity contribution in [1.29, 1.82) is 0 Å². The standard InChI is InChI=1S/2C5H10O/c2*1-5(2,3)4-6/h2*4H,1-3H3. The maximum Gasteiger partial charge on any atom is 0.125 e. The summed E-state index contributed by atoms with van der Waals surface area (Å²) >= 11 is 0. The zero-order chi connectivity index (χ0) is 10.4. The van der Waals surface area contributed by atoms with Gasteiger partial charge < -0.3 is 9.59 Å². The van der Waals surface area contributed by atoms with Crippen molar-refractivity contribution in [3.05, 3.63) is 0 Å². The zero-order valence-corrected chi connectivity index (χ0v) is 8.97. The normalized spacial score (nSPS) is 11.2. The molecule has 0 rings (SSSR count). The minimum Gasteiger partial charge on any atom is -0.303 e. The average Bonchev–Trinajstić information content (AvgIpc) is 1.86. The predicted molar refractivity (Wildman–Crippen MR) is 51.0 cm³/mol. The molecule has 0 fully saturated rings. The van der Waals surface area contributed by atoms with Crippen LogP contribution in [0.5, 0.6) is 0 Å². The van der Waals surface area contributed by atoms with Gasteiger partial charge in [0, 0.05) is 10.8 Å². The molecule has 0 aromatic heterocycles. The van der Waals surface area contributed by atoms with Gasteiger partial charge >= 0.3 is 0 Å². The van der Waals surface area contributed by atoms with E-state index in [0.717, 1.165) is 12.6 Å². The molecule has 0 radical (unpaired) electrons. The quantitative estimate of drug-likeness (QED) is 0.526. The van der Waals surface area contributed by atoms with Crippen LogP contribution in [-0.4, -0.2) is 12.6 Å². The SMILES string of the molecule is CC(C)(C)C=O.CC(C)(C)C=O. The summed E-state index contributed by atoms with van der Waals surface area (Å²) in [7, 11) is 0. The first-order valence-corrected chi connectivity index (χ1v) is 4.05. The minimum atomic E-state index is -0.139. The Balaban J connectivity index is 0. The largest absolute Gasteiger partial charge is 0.303 e. The highest BCUT2D eigenvalue weighted by Gasteiger charge is 2.05. The number of aldehydes is 2. The van der Waals surface area contributed by atoms with Crippen LogP contribution in [0.2, 0.25) is 0 Å². The molecule has 0 bridgehead atoms. The third kappa shape index (κ3) is 22.8. The lowest BCUT2D eigenvalue weighted by Gasteiger charge is -2.03. The van der Waals surface area contributed by atoms with Gasteiger partial charge in [0.15, 0.2) is 0 Å². The number of carbonyl (C=O) groups excluding carboxylic acids is 2. The lowest BCUT2D eigenvalue weighted by molar-refractivity contribution is -0.114. The molecule has 0 spiro atoms. The summed E-state index contributed by atoms with van der Waals surface area (Å²) in [5.74, 6) is 0. The van der Waals surface area contributed by atoms with Gasteiger partial charge in [-0.3, -0.25) is 0 Å². The fourth-order valence-electron chi connectivity index (χ4n) is 0. The molecule has 0 saturated heterocycles. The van der Waals surface area contributed by atoms with E-state index in [0.29, 0.717) is 0 Å². The first-order valence-electron chi connectivity index (χ1n) is 4.05. The molecule has 0 saturated carbocycles. The second kappa shape index (κ2) is 5.07. The summed E-state index contributed by atoms with van der Waals surface area (Å²) in [5.41, 5.74) is -0.278. The van der Waals surface area contributed by atoms with E-state index in [1.54, 1.807) is 0 Å². The number of carbonyl (C=O) groups is 2. The van der Waals surface area contributed by atoms with E-state index in [1.807, 2.05) is 41.5 Å². The van der Waals surface area contributed by atoms with Crippen molar-refractivity contribution in [2.45, 2.75) is 41.5 Å². The summed E-state index contributed by atoms with van der Waals surface area (Å²) in [5, 5.41) is 0. The molecule has 2 nitrogen and oxygen atoms in total. The Bertz CT molecular complexity index is 117. The van der Waals surface area contributed by atoms with E-state index in [-0.39, 0.29) is 10.8 Å². The lowest BCUT2D eigenvalue weighted by atomic mass is 10.0. The van der Waals surface area contributed by atoms with Crippen molar-refractivity contribution >= 4 is 12.6 Å². The summed E-state index contributed by atoms with van der Waals surface area (Å²) in [4.78, 5) is 19.7. The van der Waals surface area contributed by atoms with Gasteiger partial charge in [0.25, 0.3) is 0 Å². The molecule has 0 amide bonds. The molecule has 0 aromatic carbocycles. The monoisotopic (exact) mass is 172 g/mol. The fraction of sp³-hybridized carbons (Fsp3) is 0.800. The molecular weight excluding hydrogens is 152 g/mol. The van der Waals surface area contributed by atoms with Crippen LogP contribution >= 0.6 is 0 Å². The third-order valence-electron chi connectivity index (χ3n) is 0.707. The Morgan fingerprint density at radius 1 is 0.667 bits per heavy atom. The molecular formula is C10H20O2. The van der Waals surface area contributed by atoms with E-state index in [1.165, 1.54) is 0 Å². The van der Waals surface area contributed by atoms with Gasteiger partial charge in [0.05, 0.1) is 0 Å². The number of hydrogen-bond donors (Lipinski definition) is 0. The second-order valence-electron chi connectivity index (χ2n) is 4.97. The van der Waals surface area contributed by atoms with Crippen molar-refractivity contribution < 1.29 is 9.59 Å². The van der Waals surface area contributed by atoms with Crippen LogP contribution in [0.25, 0.3) is 0 Å². The first kappa shape index (κ1) is 13.9. The van der Waals surface area contributed by atoms with Gasteiger partial charge in [0.2, 0.25) is 0 Å². The Hall–Kier alpha value is -0.660. The van der Waals surface area contributed by atoms with Gasteiger partial charge in [-0.15, -0.1) is 0 Å². The van der Waals surface area contributed by atoms with Crippen LogP contribution < -0.4 is 0 Å². The third-order valence-corrected chi connectivity index (χ3v) is 0.707. The van der Waals surface area contributed by atoms with Crippen molar-refractivity contribution in [1.82, 2.24) is 0 Å². The summed E-state index contributed by atoms with van der Waals surface area (Å²) in [6, 6.07) is 0. The summed E-state index contributed by atoms with van der Waals surface area (Å²) in [6.07, 6.45) is 1.88. The molecule has 2 heteroatoms. The van der Waals surface area contributed by atoms with Gasteiger partial charge in [0.1, 0.15) is 12.6 Å². The van der Waals surface area contributed by atoms with Crippen LogP contribution in [0.1, 0.15) is 41.5 Å². The lowest BCUT2D eigenvalue weighted by Crippen LogP contribution is -2.04. The van der Waals surface area contributed by atoms with Crippen LogP contribution in [-0.2, 0) is 9.59 Å². The number of rotatable bonds is 0. The van der Waals surface area contributed by atoms with E-state index >= 15 is 0 Å². The molecule has 72 valence electrons. The highest BCUT2D eigenvalue weighted by molar-refractivity contribution is 5.57. The van der Waals surface area contributed by atoms with Crippen molar-refractivity contribution in [3.8, 4) is 0 Å². The Morgan fingerprint density at radius 2 is 0.750 bits per heavy atom. The highest BCUT2D eigenvalue weighted by Crippen LogP contribution is 2.06. The zero-order valence-electron chi connectivity index (χ0n) is 8.97. The smallest absolute Gasteiger partial charge is 0.125 e. The van der Waals surface area contributed by atoms with E-state index in [4.69, 9.17) is 0 Å². The molecule has 0 atom stereocenters. The molecule has 0 aliphatic rings. The summed E-state index contributed by atoms with van der Waals surface area (Å²) < 4.78 is 0. The fourth-order valence-corrected chi connectivity index (χ4v) is 0. The van der Waals surface area contributed by atoms with Crippen molar-refractivity contribution in [3.63, 3.8) is 0 Å². The molecule has 0 aliphatic carbocycles. The van der Waals surface area contributed by atoms with Gasteiger partial charge in [-0.25, -0.2) is 0 Å². The molecule has 12 heavy (non-hydrogen) atoms. The average molecular weight is 172 g/mol. The van der Waals surface area contributed by atoms with Crippen molar-refractivity contribution in [2.24, 2.45) is 10.8 Å². The first-order chi connectivity index (χ1) is 5.12.